The molecule has 0 aromatic heterocycles. The van der Waals surface area contributed by atoms with Gasteiger partial charge in [-0.2, -0.15) is 0 Å². The summed E-state index contributed by atoms with van der Waals surface area (Å²) in [6.45, 7) is 2.99. The maximum Gasteiger partial charge on any atom is 0.238 e. The van der Waals surface area contributed by atoms with Crippen LogP contribution in [0.1, 0.15) is 6.92 Å². The Kier molecular flexibility index (Phi) is 3.82. The highest BCUT2D eigenvalue weighted by Crippen LogP contribution is 2.25. The van der Waals surface area contributed by atoms with Crippen LogP contribution < -0.4 is 5.32 Å². The normalized spacial score (nSPS) is 18.2. The predicted octanol–water partition coefficient (Wildman–Crippen LogP) is 2.00. The molecule has 1 amide bonds. The summed E-state index contributed by atoms with van der Waals surface area (Å²) in [6.07, 6.45) is 0. The lowest BCUT2D eigenvalue weighted by Crippen LogP contribution is -2.61. The molecule has 0 aliphatic carbocycles. The molecule has 0 bridgehead atoms. The molecule has 0 spiro atoms. The Hall–Kier alpha value is -0.810. The third kappa shape index (κ3) is 3.36. The van der Waals surface area contributed by atoms with E-state index in [0.29, 0.717) is 28.8 Å². The van der Waals surface area contributed by atoms with Crippen molar-refractivity contribution in [3.8, 4) is 0 Å². The number of rotatable bonds is 3. The number of likely N-dealkylation sites (tertiary alicyclic amines) is 1. The summed E-state index contributed by atoms with van der Waals surface area (Å²) in [6, 6.07) is 4.90. The molecule has 4 nitrogen and oxygen atoms in total. The largest absolute Gasteiger partial charge is 0.388 e. The third-order valence-electron chi connectivity index (χ3n) is 2.70. The molecule has 0 radical (unpaired) electrons. The predicted molar refractivity (Wildman–Crippen MR) is 72.2 cm³/mol. The zero-order chi connectivity index (χ0) is 13.3. The average Bonchev–Trinajstić information content (AvgIpc) is 2.20. The Morgan fingerprint density at radius 3 is 2.78 bits per heavy atom. The number of hydrogen-bond donors (Lipinski definition) is 2. The van der Waals surface area contributed by atoms with Gasteiger partial charge in [0.15, 0.2) is 0 Å². The van der Waals surface area contributed by atoms with Crippen molar-refractivity contribution >= 4 is 34.8 Å². The average molecular weight is 289 g/mol. The van der Waals surface area contributed by atoms with E-state index in [1.165, 1.54) is 0 Å². The van der Waals surface area contributed by atoms with Gasteiger partial charge in [-0.3, -0.25) is 9.69 Å². The standard InChI is InChI=1S/C12H14Cl2N2O2/c1-12(18)6-16(7-12)5-11(17)15-10-4-8(13)2-3-9(10)14/h2-4,18H,5-7H2,1H3,(H,15,17). The molecule has 1 saturated heterocycles. The van der Waals surface area contributed by atoms with Gasteiger partial charge in [-0.15, -0.1) is 0 Å². The molecule has 98 valence electrons. The van der Waals surface area contributed by atoms with Gasteiger partial charge in [-0.25, -0.2) is 0 Å². The topological polar surface area (TPSA) is 52.6 Å². The zero-order valence-corrected chi connectivity index (χ0v) is 11.4. The van der Waals surface area contributed by atoms with Gasteiger partial charge in [0.1, 0.15) is 0 Å². The number of halogens is 2. The number of anilines is 1. The van der Waals surface area contributed by atoms with Gasteiger partial charge < -0.3 is 10.4 Å². The van der Waals surface area contributed by atoms with Gasteiger partial charge in [-0.05, 0) is 25.1 Å². The number of nitrogens with one attached hydrogen (secondary N) is 1. The Balaban J connectivity index is 1.90. The van der Waals surface area contributed by atoms with Crippen LogP contribution in [0.25, 0.3) is 0 Å². The van der Waals surface area contributed by atoms with E-state index in [0.717, 1.165) is 0 Å². The summed E-state index contributed by atoms with van der Waals surface area (Å²) >= 11 is 11.8. The van der Waals surface area contributed by atoms with Crippen LogP contribution in [0.5, 0.6) is 0 Å². The SMILES string of the molecule is CC1(O)CN(CC(=O)Nc2cc(Cl)ccc2Cl)C1. The van der Waals surface area contributed by atoms with E-state index in [1.807, 2.05) is 4.90 Å². The second kappa shape index (κ2) is 5.05. The summed E-state index contributed by atoms with van der Waals surface area (Å²) in [5.41, 5.74) is -0.171. The van der Waals surface area contributed by atoms with E-state index in [2.05, 4.69) is 5.32 Å². The van der Waals surface area contributed by atoms with E-state index in [-0.39, 0.29) is 12.5 Å². The molecule has 18 heavy (non-hydrogen) atoms. The van der Waals surface area contributed by atoms with Crippen molar-refractivity contribution in [1.82, 2.24) is 4.90 Å². The van der Waals surface area contributed by atoms with Crippen LogP contribution in [-0.2, 0) is 4.79 Å². The molecule has 0 unspecified atom stereocenters. The minimum atomic E-state index is -0.673. The molecular weight excluding hydrogens is 275 g/mol. The maximum atomic E-state index is 11.8. The van der Waals surface area contributed by atoms with Gasteiger partial charge in [0.05, 0.1) is 22.9 Å². The highest BCUT2D eigenvalue weighted by molar-refractivity contribution is 6.35. The first-order chi connectivity index (χ1) is 8.35. The molecule has 1 aromatic rings. The summed E-state index contributed by atoms with van der Waals surface area (Å²) in [7, 11) is 0. The Labute approximate surface area is 115 Å². The molecule has 6 heteroatoms. The summed E-state index contributed by atoms with van der Waals surface area (Å²) in [5, 5.41) is 13.2. The Bertz CT molecular complexity index is 469. The number of nitrogens with zero attached hydrogens (tertiary/aromatic N) is 1. The van der Waals surface area contributed by atoms with Gasteiger partial charge in [0, 0.05) is 18.1 Å². The lowest BCUT2D eigenvalue weighted by molar-refractivity contribution is -0.125. The fourth-order valence-electron chi connectivity index (χ4n) is 2.02. The highest BCUT2D eigenvalue weighted by Gasteiger charge is 2.37. The first-order valence-electron chi connectivity index (χ1n) is 5.55. The molecule has 0 saturated carbocycles. The number of hydrogen-bond acceptors (Lipinski definition) is 3. The first-order valence-corrected chi connectivity index (χ1v) is 6.31. The maximum absolute atomic E-state index is 11.8. The number of aliphatic hydroxyl groups is 1. The lowest BCUT2D eigenvalue weighted by atomic mass is 9.97. The minimum Gasteiger partial charge on any atom is -0.388 e. The molecule has 1 fully saturated rings. The molecule has 2 rings (SSSR count). The molecule has 0 atom stereocenters. The van der Waals surface area contributed by atoms with E-state index >= 15 is 0 Å². The van der Waals surface area contributed by atoms with Crippen molar-refractivity contribution in [1.29, 1.82) is 0 Å². The van der Waals surface area contributed by atoms with Gasteiger partial charge >= 0.3 is 0 Å². The van der Waals surface area contributed by atoms with E-state index in [4.69, 9.17) is 23.2 Å². The monoisotopic (exact) mass is 288 g/mol. The third-order valence-corrected chi connectivity index (χ3v) is 3.26. The second-order valence-corrected chi connectivity index (χ2v) is 5.66. The summed E-state index contributed by atoms with van der Waals surface area (Å²) in [5.74, 6) is -0.172. The van der Waals surface area contributed by atoms with Crippen molar-refractivity contribution in [3.05, 3.63) is 28.2 Å². The van der Waals surface area contributed by atoms with Crippen LogP contribution in [0.2, 0.25) is 10.0 Å². The van der Waals surface area contributed by atoms with E-state index < -0.39 is 5.60 Å². The van der Waals surface area contributed by atoms with Crippen LogP contribution in [0.15, 0.2) is 18.2 Å². The van der Waals surface area contributed by atoms with Crippen LogP contribution >= 0.6 is 23.2 Å². The highest BCUT2D eigenvalue weighted by atomic mass is 35.5. The van der Waals surface area contributed by atoms with Crippen molar-refractivity contribution < 1.29 is 9.90 Å². The first kappa shape index (κ1) is 13.6. The van der Waals surface area contributed by atoms with Crippen molar-refractivity contribution in [2.75, 3.05) is 25.0 Å². The molecule has 1 heterocycles. The van der Waals surface area contributed by atoms with E-state index in [9.17, 15) is 9.90 Å². The molecule has 1 aliphatic rings. The number of carbonyl (C=O) groups is 1. The van der Waals surface area contributed by atoms with Gasteiger partial charge in [-0.1, -0.05) is 23.2 Å². The van der Waals surface area contributed by atoms with Crippen LogP contribution in [-0.4, -0.2) is 41.1 Å². The number of carbonyl (C=O) groups excluding carboxylic acids is 1. The summed E-state index contributed by atoms with van der Waals surface area (Å²) < 4.78 is 0. The second-order valence-electron chi connectivity index (χ2n) is 4.81. The van der Waals surface area contributed by atoms with E-state index in [1.54, 1.807) is 25.1 Å². The summed E-state index contributed by atoms with van der Waals surface area (Å²) in [4.78, 5) is 13.6. The fraction of sp³-hybridized carbons (Fsp3) is 0.417. The lowest BCUT2D eigenvalue weighted by Gasteiger charge is -2.43. The number of amides is 1. The van der Waals surface area contributed by atoms with Crippen LogP contribution in [0, 0.1) is 0 Å². The fourth-order valence-corrected chi connectivity index (χ4v) is 2.35. The van der Waals surface area contributed by atoms with Crippen molar-refractivity contribution in [3.63, 3.8) is 0 Å². The van der Waals surface area contributed by atoms with Crippen LogP contribution in [0.4, 0.5) is 5.69 Å². The van der Waals surface area contributed by atoms with Gasteiger partial charge in [0.25, 0.3) is 0 Å². The zero-order valence-electron chi connectivity index (χ0n) is 9.91. The number of benzene rings is 1. The smallest absolute Gasteiger partial charge is 0.238 e. The molecule has 2 N–H and O–H groups in total. The minimum absolute atomic E-state index is 0.172. The van der Waals surface area contributed by atoms with Crippen LogP contribution in [0.3, 0.4) is 0 Å². The Morgan fingerprint density at radius 1 is 1.50 bits per heavy atom. The van der Waals surface area contributed by atoms with Crippen molar-refractivity contribution in [2.24, 2.45) is 0 Å². The molecule has 1 aliphatic heterocycles. The number of β-amino-alcohol motifs (C(OH)–C–C–N with tert-alkyl or cyclic N) is 1. The quantitative estimate of drug-likeness (QED) is 0.895. The van der Waals surface area contributed by atoms with Crippen molar-refractivity contribution in [2.45, 2.75) is 12.5 Å². The molecule has 1 aromatic carbocycles. The van der Waals surface area contributed by atoms with Gasteiger partial charge in [0.2, 0.25) is 5.91 Å². The molecular formula is C12H14Cl2N2O2. The Morgan fingerprint density at radius 2 is 2.17 bits per heavy atom.